The van der Waals surface area contributed by atoms with Crippen LogP contribution in [0.2, 0.25) is 0 Å². The molecule has 1 aliphatic rings. The van der Waals surface area contributed by atoms with E-state index in [0.717, 1.165) is 25.3 Å². The molecule has 4 heteroatoms. The Morgan fingerprint density at radius 1 is 1.71 bits per heavy atom. The Morgan fingerprint density at radius 2 is 2.57 bits per heavy atom. The average Bonchev–Trinajstić information content (AvgIpc) is 2.64. The first-order valence-electron chi connectivity index (χ1n) is 5.02. The van der Waals surface area contributed by atoms with Crippen molar-refractivity contribution in [3.05, 3.63) is 18.2 Å². The maximum atomic E-state index is 9.23. The second-order valence-corrected chi connectivity index (χ2v) is 3.77. The van der Waals surface area contributed by atoms with Crippen molar-refractivity contribution in [1.82, 2.24) is 9.55 Å². The average molecular weight is 196 g/mol. The molecule has 1 N–H and O–H groups in total. The van der Waals surface area contributed by atoms with E-state index >= 15 is 0 Å². The van der Waals surface area contributed by atoms with Gasteiger partial charge in [-0.25, -0.2) is 4.98 Å². The normalized spacial score (nSPS) is 27.9. The van der Waals surface area contributed by atoms with Crippen LogP contribution in [-0.2, 0) is 11.8 Å². The summed E-state index contributed by atoms with van der Waals surface area (Å²) < 4.78 is 7.62. The molecule has 14 heavy (non-hydrogen) atoms. The van der Waals surface area contributed by atoms with Gasteiger partial charge < -0.3 is 14.4 Å². The van der Waals surface area contributed by atoms with Gasteiger partial charge in [-0.3, -0.25) is 0 Å². The summed E-state index contributed by atoms with van der Waals surface area (Å²) in [6.45, 7) is 0.950. The summed E-state index contributed by atoms with van der Waals surface area (Å²) in [4.78, 5) is 4.26. The largest absolute Gasteiger partial charge is 0.396 e. The molecule has 0 saturated carbocycles. The van der Waals surface area contributed by atoms with Crippen molar-refractivity contribution >= 4 is 0 Å². The summed E-state index contributed by atoms with van der Waals surface area (Å²) in [6.07, 6.45) is 5.69. The molecule has 4 nitrogen and oxygen atoms in total. The van der Waals surface area contributed by atoms with Gasteiger partial charge in [0.15, 0.2) is 0 Å². The zero-order chi connectivity index (χ0) is 9.97. The first-order chi connectivity index (χ1) is 6.83. The molecule has 1 aliphatic heterocycles. The van der Waals surface area contributed by atoms with Crippen LogP contribution in [-0.4, -0.2) is 27.9 Å². The summed E-state index contributed by atoms with van der Waals surface area (Å²) in [5.41, 5.74) is 0. The molecular weight excluding hydrogens is 180 g/mol. The monoisotopic (exact) mass is 196 g/mol. The molecule has 2 rings (SSSR count). The van der Waals surface area contributed by atoms with Crippen LogP contribution < -0.4 is 0 Å². The maximum Gasteiger partial charge on any atom is 0.138 e. The molecule has 0 radical (unpaired) electrons. The van der Waals surface area contributed by atoms with Crippen molar-refractivity contribution in [3.8, 4) is 0 Å². The topological polar surface area (TPSA) is 47.3 Å². The Kier molecular flexibility index (Phi) is 2.84. The van der Waals surface area contributed by atoms with E-state index in [1.807, 2.05) is 17.8 Å². The lowest BCUT2D eigenvalue weighted by molar-refractivity contribution is -0.0516. The predicted molar refractivity (Wildman–Crippen MR) is 51.7 cm³/mol. The Hall–Kier alpha value is -0.870. The van der Waals surface area contributed by atoms with Gasteiger partial charge in [-0.05, 0) is 12.8 Å². The predicted octanol–water partition coefficient (Wildman–Crippen LogP) is 0.880. The minimum absolute atomic E-state index is 0.0336. The molecule has 1 aromatic rings. The second-order valence-electron chi connectivity index (χ2n) is 3.77. The number of rotatable bonds is 2. The molecule has 1 aromatic heterocycles. The quantitative estimate of drug-likeness (QED) is 0.763. The first kappa shape index (κ1) is 9.68. The molecule has 0 bridgehead atoms. The maximum absolute atomic E-state index is 9.23. The van der Waals surface area contributed by atoms with Crippen LogP contribution >= 0.6 is 0 Å². The molecule has 0 spiro atoms. The highest BCUT2D eigenvalue weighted by molar-refractivity contribution is 4.99. The van der Waals surface area contributed by atoms with Crippen LogP contribution in [0.3, 0.4) is 0 Å². The van der Waals surface area contributed by atoms with Crippen LogP contribution in [0.1, 0.15) is 24.8 Å². The van der Waals surface area contributed by atoms with Gasteiger partial charge in [-0.2, -0.15) is 0 Å². The van der Waals surface area contributed by atoms with Crippen LogP contribution in [0, 0.1) is 5.92 Å². The molecule has 0 aliphatic carbocycles. The summed E-state index contributed by atoms with van der Waals surface area (Å²) in [6, 6.07) is 0. The highest BCUT2D eigenvalue weighted by Crippen LogP contribution is 2.31. The third-order valence-electron chi connectivity index (χ3n) is 2.79. The summed E-state index contributed by atoms with van der Waals surface area (Å²) in [7, 11) is 1.95. The highest BCUT2D eigenvalue weighted by Gasteiger charge is 2.29. The Bertz CT molecular complexity index is 298. The van der Waals surface area contributed by atoms with Gasteiger partial charge in [0.05, 0.1) is 0 Å². The molecule has 1 fully saturated rings. The SMILES string of the molecule is Cn1ccnc1[C@@H]1OCCC[C@H]1CO. The molecular formula is C10H16N2O2. The molecule has 2 atom stereocenters. The zero-order valence-corrected chi connectivity index (χ0v) is 8.39. The number of ether oxygens (including phenoxy) is 1. The molecule has 2 heterocycles. The van der Waals surface area contributed by atoms with Crippen molar-refractivity contribution < 1.29 is 9.84 Å². The molecule has 0 aromatic carbocycles. The number of aromatic nitrogens is 2. The van der Waals surface area contributed by atoms with Crippen molar-refractivity contribution in [2.24, 2.45) is 13.0 Å². The van der Waals surface area contributed by atoms with Gasteiger partial charge in [0, 0.05) is 38.6 Å². The number of aryl methyl sites for hydroxylation is 1. The zero-order valence-electron chi connectivity index (χ0n) is 8.39. The van der Waals surface area contributed by atoms with Gasteiger partial charge in [-0.15, -0.1) is 0 Å². The number of hydrogen-bond acceptors (Lipinski definition) is 3. The standard InChI is InChI=1S/C10H16N2O2/c1-12-5-4-11-10(12)9-8(7-13)3-2-6-14-9/h4-5,8-9,13H,2-3,6-7H2,1H3/t8-,9+/m0/s1. The first-order valence-corrected chi connectivity index (χ1v) is 5.02. The van der Waals surface area contributed by atoms with Crippen LogP contribution in [0.5, 0.6) is 0 Å². The number of aliphatic hydroxyl groups is 1. The fourth-order valence-corrected chi connectivity index (χ4v) is 1.97. The molecule has 1 saturated heterocycles. The third kappa shape index (κ3) is 1.67. The van der Waals surface area contributed by atoms with Crippen LogP contribution in [0.25, 0.3) is 0 Å². The van der Waals surface area contributed by atoms with Gasteiger partial charge in [0.2, 0.25) is 0 Å². The van der Waals surface area contributed by atoms with E-state index in [1.54, 1.807) is 6.20 Å². The van der Waals surface area contributed by atoms with E-state index in [9.17, 15) is 5.11 Å². The van der Waals surface area contributed by atoms with Gasteiger partial charge in [-0.1, -0.05) is 0 Å². The lowest BCUT2D eigenvalue weighted by Gasteiger charge is -2.29. The van der Waals surface area contributed by atoms with E-state index in [1.165, 1.54) is 0 Å². The van der Waals surface area contributed by atoms with E-state index < -0.39 is 0 Å². The van der Waals surface area contributed by atoms with E-state index in [-0.39, 0.29) is 18.6 Å². The fraction of sp³-hybridized carbons (Fsp3) is 0.700. The van der Waals surface area contributed by atoms with E-state index in [4.69, 9.17) is 4.74 Å². The number of aliphatic hydroxyl groups excluding tert-OH is 1. The van der Waals surface area contributed by atoms with Crippen molar-refractivity contribution in [3.63, 3.8) is 0 Å². The smallest absolute Gasteiger partial charge is 0.138 e. The molecule has 0 unspecified atom stereocenters. The third-order valence-corrected chi connectivity index (χ3v) is 2.79. The van der Waals surface area contributed by atoms with Crippen molar-refractivity contribution in [2.75, 3.05) is 13.2 Å². The van der Waals surface area contributed by atoms with E-state index in [2.05, 4.69) is 4.98 Å². The van der Waals surface area contributed by atoms with Gasteiger partial charge in [0.25, 0.3) is 0 Å². The lowest BCUT2D eigenvalue weighted by Crippen LogP contribution is -2.27. The highest BCUT2D eigenvalue weighted by atomic mass is 16.5. The lowest BCUT2D eigenvalue weighted by atomic mass is 9.94. The molecule has 78 valence electrons. The Labute approximate surface area is 83.5 Å². The second kappa shape index (κ2) is 4.11. The number of hydrogen-bond donors (Lipinski definition) is 1. The fourth-order valence-electron chi connectivity index (χ4n) is 1.97. The minimum atomic E-state index is -0.0336. The van der Waals surface area contributed by atoms with Crippen molar-refractivity contribution in [1.29, 1.82) is 0 Å². The van der Waals surface area contributed by atoms with Gasteiger partial charge in [0.1, 0.15) is 11.9 Å². The number of nitrogens with zero attached hydrogens (tertiary/aromatic N) is 2. The number of imidazole rings is 1. The summed E-state index contributed by atoms with van der Waals surface area (Å²) in [5, 5.41) is 9.23. The molecule has 0 amide bonds. The van der Waals surface area contributed by atoms with Gasteiger partial charge >= 0.3 is 0 Å². The van der Waals surface area contributed by atoms with Crippen LogP contribution in [0.15, 0.2) is 12.4 Å². The summed E-state index contributed by atoms with van der Waals surface area (Å²) in [5.74, 6) is 1.12. The van der Waals surface area contributed by atoms with Crippen LogP contribution in [0.4, 0.5) is 0 Å². The van der Waals surface area contributed by atoms with E-state index in [0.29, 0.717) is 0 Å². The Balaban J connectivity index is 2.19. The Morgan fingerprint density at radius 3 is 3.21 bits per heavy atom. The minimum Gasteiger partial charge on any atom is -0.396 e. The van der Waals surface area contributed by atoms with Crippen molar-refractivity contribution in [2.45, 2.75) is 18.9 Å². The summed E-state index contributed by atoms with van der Waals surface area (Å²) >= 11 is 0.